The molecule has 0 amide bonds. The lowest BCUT2D eigenvalue weighted by molar-refractivity contribution is 0.0362. The maximum atomic E-state index is 12.5. The van der Waals surface area contributed by atoms with Crippen LogP contribution >= 0.6 is 0 Å². The molecule has 0 bridgehead atoms. The number of benzene rings is 2. The van der Waals surface area contributed by atoms with Crippen molar-refractivity contribution in [3.63, 3.8) is 0 Å². The van der Waals surface area contributed by atoms with Gasteiger partial charge in [0, 0.05) is 0 Å². The highest BCUT2D eigenvalue weighted by Crippen LogP contribution is 2.20. The van der Waals surface area contributed by atoms with E-state index in [1.165, 1.54) is 0 Å². The minimum absolute atomic E-state index is 0.149. The van der Waals surface area contributed by atoms with Crippen molar-refractivity contribution in [3.8, 4) is 5.75 Å². The van der Waals surface area contributed by atoms with Crippen LogP contribution in [0.1, 0.15) is 52.6 Å². The number of aryl methyl sites for hydroxylation is 2. The minimum atomic E-state index is -0.576. The molecule has 0 radical (unpaired) electrons. The van der Waals surface area contributed by atoms with Crippen LogP contribution in [-0.2, 0) is 4.74 Å². The Morgan fingerprint density at radius 1 is 0.880 bits per heavy atom. The molecule has 0 fully saturated rings. The smallest absolute Gasteiger partial charge is 0.344 e. The predicted octanol–water partition coefficient (Wildman–Crippen LogP) is 4.73. The fourth-order valence-corrected chi connectivity index (χ4v) is 2.35. The maximum absolute atomic E-state index is 12.5. The van der Waals surface area contributed by atoms with Crippen molar-refractivity contribution < 1.29 is 19.1 Å². The molecule has 0 aliphatic carbocycles. The van der Waals surface area contributed by atoms with Gasteiger partial charge in [-0.1, -0.05) is 39.0 Å². The molecule has 25 heavy (non-hydrogen) atoms. The molecule has 2 aromatic carbocycles. The zero-order valence-corrected chi connectivity index (χ0v) is 15.4. The van der Waals surface area contributed by atoms with E-state index >= 15 is 0 Å². The van der Waals surface area contributed by atoms with E-state index in [2.05, 4.69) is 0 Å². The molecule has 2 aromatic rings. The first kappa shape index (κ1) is 18.7. The van der Waals surface area contributed by atoms with E-state index in [4.69, 9.17) is 9.47 Å². The molecule has 0 aliphatic rings. The Labute approximate surface area is 148 Å². The fraction of sp³-hybridized carbons (Fsp3) is 0.333. The van der Waals surface area contributed by atoms with Gasteiger partial charge < -0.3 is 9.47 Å². The highest BCUT2D eigenvalue weighted by molar-refractivity contribution is 6.03. The lowest BCUT2D eigenvalue weighted by atomic mass is 9.98. The first-order valence-corrected chi connectivity index (χ1v) is 8.22. The summed E-state index contributed by atoms with van der Waals surface area (Å²) in [5.41, 5.74) is 2.26. The molecular weight excluding hydrogens is 316 g/mol. The Morgan fingerprint density at radius 3 is 1.92 bits per heavy atom. The fourth-order valence-electron chi connectivity index (χ4n) is 2.35. The van der Waals surface area contributed by atoms with Crippen molar-refractivity contribution >= 4 is 11.9 Å². The highest BCUT2D eigenvalue weighted by Gasteiger charge is 2.21. The van der Waals surface area contributed by atoms with Gasteiger partial charge in [0.15, 0.2) is 0 Å². The Kier molecular flexibility index (Phi) is 5.62. The van der Waals surface area contributed by atoms with Gasteiger partial charge >= 0.3 is 11.9 Å². The Bertz CT molecular complexity index is 764. The van der Waals surface area contributed by atoms with E-state index in [1.54, 1.807) is 36.4 Å². The monoisotopic (exact) mass is 340 g/mol. The summed E-state index contributed by atoms with van der Waals surface area (Å²) in [5.74, 6) is -0.642. The summed E-state index contributed by atoms with van der Waals surface area (Å²) in [7, 11) is 0. The van der Waals surface area contributed by atoms with Gasteiger partial charge in [-0.15, -0.1) is 0 Å². The third-order valence-corrected chi connectivity index (χ3v) is 3.41. The average Bonchev–Trinajstić information content (AvgIpc) is 2.51. The van der Waals surface area contributed by atoms with Crippen LogP contribution in [0.5, 0.6) is 5.75 Å². The molecule has 0 aromatic heterocycles. The number of esters is 2. The Balaban J connectivity index is 2.21. The quantitative estimate of drug-likeness (QED) is 0.596. The lowest BCUT2D eigenvalue weighted by Crippen LogP contribution is -2.21. The molecule has 0 unspecified atom stereocenters. The van der Waals surface area contributed by atoms with E-state index in [1.807, 2.05) is 40.7 Å². The molecule has 0 heterocycles. The second kappa shape index (κ2) is 7.51. The minimum Gasteiger partial charge on any atom is -0.462 e. The van der Waals surface area contributed by atoms with Gasteiger partial charge in [0.1, 0.15) is 5.75 Å². The summed E-state index contributed by atoms with van der Waals surface area (Å²) in [4.78, 5) is 24.9. The second-order valence-electron chi connectivity index (χ2n) is 7.40. The van der Waals surface area contributed by atoms with E-state index in [-0.39, 0.29) is 23.1 Å². The molecule has 0 saturated carbocycles. The van der Waals surface area contributed by atoms with E-state index in [0.29, 0.717) is 5.75 Å². The molecular formula is C21H24O4. The molecule has 4 heteroatoms. The summed E-state index contributed by atoms with van der Waals surface area (Å²) in [5, 5.41) is 0. The van der Waals surface area contributed by atoms with E-state index in [9.17, 15) is 9.59 Å². The number of carbonyl (C=O) groups is 2. The van der Waals surface area contributed by atoms with Crippen molar-refractivity contribution in [1.82, 2.24) is 0 Å². The van der Waals surface area contributed by atoms with Gasteiger partial charge in [-0.3, -0.25) is 0 Å². The number of carbonyl (C=O) groups excluding carboxylic acids is 2. The van der Waals surface area contributed by atoms with Gasteiger partial charge in [-0.25, -0.2) is 9.59 Å². The van der Waals surface area contributed by atoms with Crippen molar-refractivity contribution in [2.45, 2.75) is 34.6 Å². The normalized spacial score (nSPS) is 11.1. The van der Waals surface area contributed by atoms with E-state index < -0.39 is 11.9 Å². The molecule has 2 rings (SSSR count). The van der Waals surface area contributed by atoms with Gasteiger partial charge in [-0.05, 0) is 54.7 Å². The van der Waals surface area contributed by atoms with Crippen LogP contribution in [0, 0.1) is 19.3 Å². The second-order valence-corrected chi connectivity index (χ2v) is 7.40. The van der Waals surface area contributed by atoms with Crippen LogP contribution in [-0.4, -0.2) is 18.5 Å². The van der Waals surface area contributed by atoms with Crippen LogP contribution < -0.4 is 4.74 Å². The molecule has 0 N–H and O–H groups in total. The van der Waals surface area contributed by atoms with Crippen LogP contribution in [0.15, 0.2) is 42.5 Å². The first-order chi connectivity index (χ1) is 11.7. The molecule has 0 saturated heterocycles. The summed E-state index contributed by atoms with van der Waals surface area (Å²) in [6, 6.07) is 12.1. The Morgan fingerprint density at radius 2 is 1.40 bits per heavy atom. The number of hydrogen-bond donors (Lipinski definition) is 0. The van der Waals surface area contributed by atoms with Crippen molar-refractivity contribution in [2.75, 3.05) is 6.61 Å². The van der Waals surface area contributed by atoms with Gasteiger partial charge in [-0.2, -0.15) is 0 Å². The van der Waals surface area contributed by atoms with Crippen LogP contribution in [0.25, 0.3) is 0 Å². The van der Waals surface area contributed by atoms with Gasteiger partial charge in [0.2, 0.25) is 0 Å². The molecule has 0 aliphatic heterocycles. The SMILES string of the molecule is Cc1cc(C)cc(OC(=O)c2ccccc2C(=O)OCC(C)(C)C)c1. The molecule has 132 valence electrons. The predicted molar refractivity (Wildman–Crippen MR) is 97.1 cm³/mol. The molecule has 0 atom stereocenters. The summed E-state index contributed by atoms with van der Waals surface area (Å²) in [6.07, 6.45) is 0. The van der Waals surface area contributed by atoms with E-state index in [0.717, 1.165) is 11.1 Å². The van der Waals surface area contributed by atoms with Gasteiger partial charge in [0.25, 0.3) is 0 Å². The van der Waals surface area contributed by atoms with Crippen molar-refractivity contribution in [1.29, 1.82) is 0 Å². The summed E-state index contributed by atoms with van der Waals surface area (Å²) in [6.45, 7) is 10.1. The highest BCUT2D eigenvalue weighted by atomic mass is 16.5. The topological polar surface area (TPSA) is 52.6 Å². The van der Waals surface area contributed by atoms with Crippen LogP contribution in [0.2, 0.25) is 0 Å². The number of rotatable bonds is 4. The largest absolute Gasteiger partial charge is 0.462 e. The first-order valence-electron chi connectivity index (χ1n) is 8.22. The number of hydrogen-bond acceptors (Lipinski definition) is 4. The average molecular weight is 340 g/mol. The third-order valence-electron chi connectivity index (χ3n) is 3.41. The van der Waals surface area contributed by atoms with Crippen molar-refractivity contribution in [3.05, 3.63) is 64.7 Å². The zero-order valence-electron chi connectivity index (χ0n) is 15.4. The molecule has 0 spiro atoms. The zero-order chi connectivity index (χ0) is 18.6. The van der Waals surface area contributed by atoms with Gasteiger partial charge in [0.05, 0.1) is 17.7 Å². The molecule has 4 nitrogen and oxygen atoms in total. The van der Waals surface area contributed by atoms with Crippen LogP contribution in [0.4, 0.5) is 0 Å². The standard InChI is InChI=1S/C21H24O4/c1-14-10-15(2)12-16(11-14)25-20(23)18-9-7-6-8-17(18)19(22)24-13-21(3,4)5/h6-12H,13H2,1-5H3. The number of ether oxygens (including phenoxy) is 2. The summed E-state index contributed by atoms with van der Waals surface area (Å²) < 4.78 is 10.8. The van der Waals surface area contributed by atoms with Crippen molar-refractivity contribution in [2.24, 2.45) is 5.41 Å². The summed E-state index contributed by atoms with van der Waals surface area (Å²) >= 11 is 0. The maximum Gasteiger partial charge on any atom is 0.344 e. The van der Waals surface area contributed by atoms with Crippen LogP contribution in [0.3, 0.4) is 0 Å². The third kappa shape index (κ3) is 5.45. The Hall–Kier alpha value is -2.62. The lowest BCUT2D eigenvalue weighted by Gasteiger charge is -2.18.